The summed E-state index contributed by atoms with van der Waals surface area (Å²) < 4.78 is 0. The summed E-state index contributed by atoms with van der Waals surface area (Å²) >= 11 is 4.65. The highest BCUT2D eigenvalue weighted by Crippen LogP contribution is 2.53. The summed E-state index contributed by atoms with van der Waals surface area (Å²) in [6.45, 7) is 3.21. The number of hydrogen-bond acceptors (Lipinski definition) is 2. The van der Waals surface area contributed by atoms with Crippen LogP contribution in [0.25, 0.3) is 0 Å². The zero-order valence-electron chi connectivity index (χ0n) is 7.03. The summed E-state index contributed by atoms with van der Waals surface area (Å²) in [4.78, 5) is 0. The molecule has 0 heterocycles. The molecule has 1 nitrogen and oxygen atoms in total. The number of nitrogens with two attached hydrogens (primary N) is 1. The van der Waals surface area contributed by atoms with Gasteiger partial charge < -0.3 is 5.73 Å². The molecule has 2 N–H and O–H groups in total. The number of thiol groups is 1. The van der Waals surface area contributed by atoms with E-state index in [4.69, 9.17) is 5.73 Å². The third-order valence-corrected chi connectivity index (χ3v) is 4.63. The van der Waals surface area contributed by atoms with Crippen LogP contribution >= 0.6 is 12.6 Å². The molecule has 11 heavy (non-hydrogen) atoms. The fourth-order valence-electron chi connectivity index (χ4n) is 2.81. The SMILES string of the molecule is CC1C2C[C@@H]1CC(CN)C2S. The molecule has 3 aliphatic rings. The van der Waals surface area contributed by atoms with E-state index in [0.29, 0.717) is 11.2 Å². The Balaban J connectivity index is 2.03. The Bertz CT molecular complexity index is 158. The smallest absolute Gasteiger partial charge is 0.00882 e. The molecule has 0 aromatic rings. The van der Waals surface area contributed by atoms with Crippen molar-refractivity contribution in [2.75, 3.05) is 6.54 Å². The molecule has 3 saturated carbocycles. The first-order valence-corrected chi connectivity index (χ1v) is 5.13. The van der Waals surface area contributed by atoms with E-state index in [1.165, 1.54) is 12.8 Å². The van der Waals surface area contributed by atoms with E-state index < -0.39 is 0 Å². The fourth-order valence-corrected chi connectivity index (χ4v) is 3.44. The molecule has 0 spiro atoms. The van der Waals surface area contributed by atoms with Gasteiger partial charge in [0.25, 0.3) is 0 Å². The van der Waals surface area contributed by atoms with E-state index in [1.54, 1.807) is 0 Å². The molecule has 5 atom stereocenters. The molecule has 2 bridgehead atoms. The first kappa shape index (κ1) is 7.93. The van der Waals surface area contributed by atoms with E-state index in [2.05, 4.69) is 19.6 Å². The van der Waals surface area contributed by atoms with E-state index in [1.807, 2.05) is 0 Å². The summed E-state index contributed by atoms with van der Waals surface area (Å²) in [6.07, 6.45) is 2.76. The van der Waals surface area contributed by atoms with Crippen molar-refractivity contribution in [2.45, 2.75) is 25.0 Å². The predicted molar refractivity (Wildman–Crippen MR) is 50.7 cm³/mol. The van der Waals surface area contributed by atoms with Gasteiger partial charge in [-0.15, -0.1) is 0 Å². The molecule has 0 aromatic carbocycles. The van der Waals surface area contributed by atoms with Crippen LogP contribution in [-0.2, 0) is 0 Å². The number of fused-ring (bicyclic) bond motifs is 2. The van der Waals surface area contributed by atoms with Crippen molar-refractivity contribution < 1.29 is 0 Å². The first-order valence-electron chi connectivity index (χ1n) is 4.62. The quantitative estimate of drug-likeness (QED) is 0.575. The molecule has 0 aromatic heterocycles. The second-order valence-corrected chi connectivity index (χ2v) is 4.84. The van der Waals surface area contributed by atoms with Gasteiger partial charge in [-0.05, 0) is 43.1 Å². The highest BCUT2D eigenvalue weighted by molar-refractivity contribution is 7.81. The molecular weight excluding hydrogens is 154 g/mol. The lowest BCUT2D eigenvalue weighted by Gasteiger charge is -2.54. The van der Waals surface area contributed by atoms with Crippen LogP contribution in [0.3, 0.4) is 0 Å². The van der Waals surface area contributed by atoms with E-state index >= 15 is 0 Å². The van der Waals surface area contributed by atoms with E-state index in [9.17, 15) is 0 Å². The maximum Gasteiger partial charge on any atom is 0.00882 e. The Hall–Kier alpha value is 0.310. The molecule has 64 valence electrons. The van der Waals surface area contributed by atoms with Gasteiger partial charge in [-0.2, -0.15) is 12.6 Å². The third kappa shape index (κ3) is 1.03. The van der Waals surface area contributed by atoms with Gasteiger partial charge in [0.15, 0.2) is 0 Å². The lowest BCUT2D eigenvalue weighted by Crippen LogP contribution is -2.51. The van der Waals surface area contributed by atoms with E-state index in [0.717, 1.165) is 24.3 Å². The summed E-state index contributed by atoms with van der Waals surface area (Å²) in [5, 5.41) is 0.597. The Morgan fingerprint density at radius 1 is 1.45 bits per heavy atom. The fraction of sp³-hybridized carbons (Fsp3) is 1.00. The highest BCUT2D eigenvalue weighted by atomic mass is 32.1. The van der Waals surface area contributed by atoms with Gasteiger partial charge in [0.2, 0.25) is 0 Å². The van der Waals surface area contributed by atoms with Gasteiger partial charge in [0.1, 0.15) is 0 Å². The zero-order chi connectivity index (χ0) is 8.01. The Morgan fingerprint density at radius 2 is 2.18 bits per heavy atom. The molecule has 3 aliphatic carbocycles. The van der Waals surface area contributed by atoms with Crippen LogP contribution < -0.4 is 5.73 Å². The van der Waals surface area contributed by atoms with Crippen LogP contribution in [0.1, 0.15) is 19.8 Å². The molecule has 3 rings (SSSR count). The van der Waals surface area contributed by atoms with Crippen LogP contribution in [0.4, 0.5) is 0 Å². The van der Waals surface area contributed by atoms with Gasteiger partial charge in [-0.3, -0.25) is 0 Å². The summed E-state index contributed by atoms with van der Waals surface area (Å²) in [5.74, 6) is 3.50. The molecule has 0 amide bonds. The number of hydrogen-bond donors (Lipinski definition) is 2. The predicted octanol–water partition coefficient (Wildman–Crippen LogP) is 1.54. The van der Waals surface area contributed by atoms with Crippen molar-refractivity contribution in [2.24, 2.45) is 29.4 Å². The zero-order valence-corrected chi connectivity index (χ0v) is 7.93. The van der Waals surface area contributed by atoms with Crippen molar-refractivity contribution >= 4 is 12.6 Å². The topological polar surface area (TPSA) is 26.0 Å². The first-order chi connectivity index (χ1) is 5.24. The molecule has 0 radical (unpaired) electrons. The van der Waals surface area contributed by atoms with Gasteiger partial charge in [-0.1, -0.05) is 6.92 Å². The monoisotopic (exact) mass is 171 g/mol. The lowest BCUT2D eigenvalue weighted by atomic mass is 9.55. The minimum atomic E-state index is 0.597. The van der Waals surface area contributed by atoms with Crippen LogP contribution in [0.2, 0.25) is 0 Å². The summed E-state index contributed by atoms with van der Waals surface area (Å²) in [5.41, 5.74) is 5.67. The van der Waals surface area contributed by atoms with Gasteiger partial charge in [-0.25, -0.2) is 0 Å². The Labute approximate surface area is 74.1 Å². The van der Waals surface area contributed by atoms with Gasteiger partial charge in [0.05, 0.1) is 0 Å². The Kier molecular flexibility index (Phi) is 1.92. The normalized spacial score (nSPS) is 55.4. The molecule has 0 aliphatic heterocycles. The largest absolute Gasteiger partial charge is 0.330 e. The van der Waals surface area contributed by atoms with Crippen molar-refractivity contribution in [3.63, 3.8) is 0 Å². The highest BCUT2D eigenvalue weighted by Gasteiger charge is 2.48. The lowest BCUT2D eigenvalue weighted by molar-refractivity contribution is 0.00357. The van der Waals surface area contributed by atoms with E-state index in [-0.39, 0.29) is 0 Å². The average Bonchev–Trinajstić information content (AvgIpc) is 2.03. The third-order valence-electron chi connectivity index (χ3n) is 3.82. The van der Waals surface area contributed by atoms with Gasteiger partial charge >= 0.3 is 0 Å². The average molecular weight is 171 g/mol. The van der Waals surface area contributed by atoms with Crippen molar-refractivity contribution in [3.05, 3.63) is 0 Å². The molecule has 4 unspecified atom stereocenters. The molecule has 3 fully saturated rings. The van der Waals surface area contributed by atoms with Crippen molar-refractivity contribution in [3.8, 4) is 0 Å². The number of rotatable bonds is 1. The summed E-state index contributed by atoms with van der Waals surface area (Å²) in [7, 11) is 0. The standard InChI is InChI=1S/C9H17NS/c1-5-6-2-7(4-10)9(11)8(5)3-6/h5-9,11H,2-4,10H2,1H3/t5?,6-,7?,8?,9?/m0/s1. The maximum absolute atomic E-state index is 5.67. The minimum absolute atomic E-state index is 0.597. The minimum Gasteiger partial charge on any atom is -0.330 e. The van der Waals surface area contributed by atoms with Crippen molar-refractivity contribution in [1.82, 2.24) is 0 Å². The van der Waals surface area contributed by atoms with Crippen molar-refractivity contribution in [1.29, 1.82) is 0 Å². The molecule has 0 saturated heterocycles. The maximum atomic E-state index is 5.67. The van der Waals surface area contributed by atoms with Crippen LogP contribution in [0.15, 0.2) is 0 Å². The molecular formula is C9H17NS. The van der Waals surface area contributed by atoms with Crippen LogP contribution in [-0.4, -0.2) is 11.8 Å². The molecule has 2 heteroatoms. The van der Waals surface area contributed by atoms with Gasteiger partial charge in [0, 0.05) is 5.25 Å². The van der Waals surface area contributed by atoms with Crippen LogP contribution in [0.5, 0.6) is 0 Å². The second kappa shape index (κ2) is 2.67. The Morgan fingerprint density at radius 3 is 2.64 bits per heavy atom. The summed E-state index contributed by atoms with van der Waals surface area (Å²) in [6, 6.07) is 0. The second-order valence-electron chi connectivity index (χ2n) is 4.24. The van der Waals surface area contributed by atoms with Crippen LogP contribution in [0, 0.1) is 23.7 Å².